The van der Waals surface area contributed by atoms with Crippen LogP contribution in [-0.2, 0) is 0 Å². The van der Waals surface area contributed by atoms with E-state index in [-0.39, 0.29) is 0 Å². The average molecular weight is 222 g/mol. The zero-order chi connectivity index (χ0) is 11.4. The van der Waals surface area contributed by atoms with Crippen LogP contribution in [0, 0.1) is 0 Å². The lowest BCUT2D eigenvalue weighted by molar-refractivity contribution is 0.365. The second-order valence-corrected chi connectivity index (χ2v) is 3.98. The molecule has 0 aliphatic carbocycles. The number of hydrogen-bond acceptors (Lipinski definition) is 4. The fourth-order valence-electron chi connectivity index (χ4n) is 2.01. The molecule has 0 radical (unpaired) electrons. The Labute approximate surface area is 96.0 Å². The molecule has 88 valence electrons. The lowest BCUT2D eigenvalue weighted by atomic mass is 10.0. The van der Waals surface area contributed by atoms with Gasteiger partial charge in [-0.3, -0.25) is 0 Å². The second-order valence-electron chi connectivity index (χ2n) is 3.98. The van der Waals surface area contributed by atoms with Gasteiger partial charge in [0.15, 0.2) is 0 Å². The zero-order valence-corrected chi connectivity index (χ0v) is 9.82. The maximum absolute atomic E-state index is 5.24. The Bertz CT molecular complexity index is 327. The largest absolute Gasteiger partial charge is 0.496 e. The summed E-state index contributed by atoms with van der Waals surface area (Å²) in [6, 6.07) is 4.11. The van der Waals surface area contributed by atoms with Crippen molar-refractivity contribution in [2.75, 3.05) is 20.8 Å². The van der Waals surface area contributed by atoms with Crippen molar-refractivity contribution in [1.29, 1.82) is 0 Å². The molecule has 4 nitrogen and oxygen atoms in total. The Hall–Kier alpha value is -1.29. The molecule has 4 heteroatoms. The Morgan fingerprint density at radius 3 is 2.75 bits per heavy atom. The van der Waals surface area contributed by atoms with Gasteiger partial charge in [0, 0.05) is 18.2 Å². The highest BCUT2D eigenvalue weighted by Gasteiger charge is 2.17. The van der Waals surface area contributed by atoms with Crippen molar-refractivity contribution < 1.29 is 9.47 Å². The smallest absolute Gasteiger partial charge is 0.216 e. The van der Waals surface area contributed by atoms with Gasteiger partial charge in [-0.2, -0.15) is 0 Å². The first-order valence-electron chi connectivity index (χ1n) is 5.67. The third-order valence-corrected chi connectivity index (χ3v) is 2.91. The molecule has 2 heterocycles. The molecule has 16 heavy (non-hydrogen) atoms. The molecular weight excluding hydrogens is 204 g/mol. The molecule has 1 fully saturated rings. The predicted molar refractivity (Wildman–Crippen MR) is 61.9 cm³/mol. The van der Waals surface area contributed by atoms with Crippen LogP contribution in [0.15, 0.2) is 12.1 Å². The van der Waals surface area contributed by atoms with Gasteiger partial charge in [-0.15, -0.1) is 0 Å². The number of piperidine rings is 1. The highest BCUT2D eigenvalue weighted by molar-refractivity contribution is 5.31. The fourth-order valence-corrected chi connectivity index (χ4v) is 2.01. The summed E-state index contributed by atoms with van der Waals surface area (Å²) in [5, 5.41) is 3.46. The van der Waals surface area contributed by atoms with E-state index in [0.717, 1.165) is 24.4 Å². The summed E-state index contributed by atoms with van der Waals surface area (Å²) in [7, 11) is 3.28. The van der Waals surface area contributed by atoms with E-state index < -0.39 is 0 Å². The molecule has 1 aromatic heterocycles. The molecule has 0 aromatic carbocycles. The summed E-state index contributed by atoms with van der Waals surface area (Å²) in [6.45, 7) is 1.06. The van der Waals surface area contributed by atoms with Crippen LogP contribution in [0.1, 0.15) is 31.0 Å². The van der Waals surface area contributed by atoms with Crippen molar-refractivity contribution in [2.24, 2.45) is 0 Å². The van der Waals surface area contributed by atoms with Gasteiger partial charge in [-0.1, -0.05) is 6.42 Å². The van der Waals surface area contributed by atoms with Crippen molar-refractivity contribution >= 4 is 0 Å². The summed E-state index contributed by atoms with van der Waals surface area (Å²) >= 11 is 0. The molecule has 0 saturated carbocycles. The van der Waals surface area contributed by atoms with Crippen LogP contribution in [0.25, 0.3) is 0 Å². The Morgan fingerprint density at radius 1 is 1.25 bits per heavy atom. The maximum Gasteiger partial charge on any atom is 0.216 e. The highest BCUT2D eigenvalue weighted by Crippen LogP contribution is 2.27. The zero-order valence-electron chi connectivity index (χ0n) is 9.82. The number of aromatic nitrogens is 1. The van der Waals surface area contributed by atoms with Crippen molar-refractivity contribution in [1.82, 2.24) is 10.3 Å². The van der Waals surface area contributed by atoms with Gasteiger partial charge in [-0.05, 0) is 19.4 Å². The summed E-state index contributed by atoms with van der Waals surface area (Å²) < 4.78 is 10.4. The van der Waals surface area contributed by atoms with Crippen molar-refractivity contribution in [3.05, 3.63) is 17.8 Å². The minimum Gasteiger partial charge on any atom is -0.496 e. The van der Waals surface area contributed by atoms with Crippen LogP contribution in [0.3, 0.4) is 0 Å². The van der Waals surface area contributed by atoms with Crippen molar-refractivity contribution in [3.8, 4) is 11.6 Å². The molecule has 0 bridgehead atoms. The summed E-state index contributed by atoms with van der Waals surface area (Å²) in [4.78, 5) is 4.46. The molecule has 0 spiro atoms. The predicted octanol–water partition coefficient (Wildman–Crippen LogP) is 1.91. The number of methoxy groups -OCH3 is 2. The summed E-state index contributed by atoms with van der Waals surface area (Å²) in [5.41, 5.74) is 1.01. The third kappa shape index (κ3) is 2.44. The molecule has 1 N–H and O–H groups in total. The first-order chi connectivity index (χ1) is 7.83. The van der Waals surface area contributed by atoms with E-state index >= 15 is 0 Å². The number of nitrogens with one attached hydrogen (secondary N) is 1. The van der Waals surface area contributed by atoms with Crippen molar-refractivity contribution in [2.45, 2.75) is 25.3 Å². The number of nitrogens with zero attached hydrogens (tertiary/aromatic N) is 1. The molecular formula is C12H18N2O2. The number of hydrogen-bond donors (Lipinski definition) is 1. The molecule has 1 saturated heterocycles. The maximum atomic E-state index is 5.24. The van der Waals surface area contributed by atoms with E-state index in [1.165, 1.54) is 12.8 Å². The Morgan fingerprint density at radius 2 is 2.12 bits per heavy atom. The number of ether oxygens (including phenoxy) is 2. The van der Waals surface area contributed by atoms with E-state index in [2.05, 4.69) is 10.3 Å². The summed E-state index contributed by atoms with van der Waals surface area (Å²) in [5.74, 6) is 1.41. The topological polar surface area (TPSA) is 43.4 Å². The van der Waals surface area contributed by atoms with Gasteiger partial charge in [-0.25, -0.2) is 4.98 Å². The van der Waals surface area contributed by atoms with Crippen LogP contribution >= 0.6 is 0 Å². The van der Waals surface area contributed by atoms with Gasteiger partial charge < -0.3 is 14.8 Å². The Balaban J connectivity index is 2.24. The monoisotopic (exact) mass is 222 g/mol. The average Bonchev–Trinajstić information content (AvgIpc) is 2.39. The molecule has 0 amide bonds. The molecule has 1 aliphatic rings. The minimum absolute atomic E-state index is 0.331. The van der Waals surface area contributed by atoms with Crippen LogP contribution in [0.2, 0.25) is 0 Å². The van der Waals surface area contributed by atoms with Crippen LogP contribution < -0.4 is 14.8 Å². The number of pyridine rings is 1. The van der Waals surface area contributed by atoms with Gasteiger partial charge in [0.05, 0.1) is 19.9 Å². The van der Waals surface area contributed by atoms with E-state index in [1.807, 2.05) is 6.07 Å². The first-order valence-corrected chi connectivity index (χ1v) is 5.67. The fraction of sp³-hybridized carbons (Fsp3) is 0.583. The van der Waals surface area contributed by atoms with Gasteiger partial charge in [0.1, 0.15) is 5.75 Å². The molecule has 1 aliphatic heterocycles. The van der Waals surface area contributed by atoms with Crippen LogP contribution in [-0.4, -0.2) is 25.7 Å². The lowest BCUT2D eigenvalue weighted by Gasteiger charge is -2.23. The standard InChI is InChI=1S/C12H18N2O2/c1-15-9-7-11(14-12(8-9)16-2)10-5-3-4-6-13-10/h7-8,10,13H,3-6H2,1-2H3. The Kier molecular flexibility index (Phi) is 3.62. The first kappa shape index (κ1) is 11.2. The molecule has 2 rings (SSSR count). The second kappa shape index (κ2) is 5.16. The van der Waals surface area contributed by atoms with Crippen LogP contribution in [0.5, 0.6) is 11.6 Å². The molecule has 1 aromatic rings. The van der Waals surface area contributed by atoms with E-state index in [4.69, 9.17) is 9.47 Å². The van der Waals surface area contributed by atoms with E-state index in [9.17, 15) is 0 Å². The SMILES string of the molecule is COc1cc(OC)nc(C2CCCCN2)c1. The lowest BCUT2D eigenvalue weighted by Crippen LogP contribution is -2.27. The van der Waals surface area contributed by atoms with Crippen LogP contribution in [0.4, 0.5) is 0 Å². The normalized spacial score (nSPS) is 20.5. The van der Waals surface area contributed by atoms with Gasteiger partial charge in [0.2, 0.25) is 5.88 Å². The number of rotatable bonds is 3. The quantitative estimate of drug-likeness (QED) is 0.848. The van der Waals surface area contributed by atoms with E-state index in [1.54, 1.807) is 20.3 Å². The molecule has 1 atom stereocenters. The highest BCUT2D eigenvalue weighted by atomic mass is 16.5. The van der Waals surface area contributed by atoms with Gasteiger partial charge in [0.25, 0.3) is 0 Å². The van der Waals surface area contributed by atoms with Crippen molar-refractivity contribution in [3.63, 3.8) is 0 Å². The van der Waals surface area contributed by atoms with E-state index in [0.29, 0.717) is 11.9 Å². The summed E-state index contributed by atoms with van der Waals surface area (Å²) in [6.07, 6.45) is 3.62. The molecule has 1 unspecified atom stereocenters. The van der Waals surface area contributed by atoms with Gasteiger partial charge >= 0.3 is 0 Å². The third-order valence-electron chi connectivity index (χ3n) is 2.91. The minimum atomic E-state index is 0.331.